The number of nitrogens with zero attached hydrogens (tertiary/aromatic N) is 3. The molecule has 0 saturated carbocycles. The number of benzene rings is 1. The molecule has 120 valence electrons. The molecule has 2 N–H and O–H groups in total. The van der Waals surface area contributed by atoms with Crippen LogP contribution in [0.3, 0.4) is 0 Å². The van der Waals surface area contributed by atoms with Gasteiger partial charge in [-0.2, -0.15) is 0 Å². The van der Waals surface area contributed by atoms with E-state index >= 15 is 0 Å². The second-order valence-electron chi connectivity index (χ2n) is 4.68. The van der Waals surface area contributed by atoms with Crippen molar-refractivity contribution in [2.24, 2.45) is 10.7 Å². The van der Waals surface area contributed by atoms with Crippen molar-refractivity contribution in [2.75, 3.05) is 37.6 Å². The van der Waals surface area contributed by atoms with Gasteiger partial charge in [-0.1, -0.05) is 18.2 Å². The molecule has 0 aliphatic heterocycles. The van der Waals surface area contributed by atoms with Crippen molar-refractivity contribution >= 4 is 35.6 Å². The highest BCUT2D eigenvalue weighted by molar-refractivity contribution is 14.0. The first kappa shape index (κ1) is 20.0. The van der Waals surface area contributed by atoms with Crippen LogP contribution in [-0.4, -0.2) is 43.6 Å². The molecule has 0 fully saturated rings. The van der Waals surface area contributed by atoms with Gasteiger partial charge in [0.1, 0.15) is 0 Å². The molecule has 0 radical (unpaired) electrons. The second kappa shape index (κ2) is 11.7. The van der Waals surface area contributed by atoms with E-state index in [0.717, 1.165) is 39.1 Å². The first-order valence-corrected chi connectivity index (χ1v) is 7.57. The Hall–Kier alpha value is -0.980. The molecule has 0 unspecified atom stereocenters. The lowest BCUT2D eigenvalue weighted by Gasteiger charge is -2.23. The molecule has 0 bridgehead atoms. The third-order valence-electron chi connectivity index (χ3n) is 3.45. The SMILES string of the molecule is CCN(CC)C(N)=NCCCN(CC)c1ccccc1.I. The first-order chi connectivity index (χ1) is 9.72. The van der Waals surface area contributed by atoms with Crippen molar-refractivity contribution < 1.29 is 0 Å². The fraction of sp³-hybridized carbons (Fsp3) is 0.562. The minimum absolute atomic E-state index is 0. The number of hydrogen-bond acceptors (Lipinski definition) is 2. The van der Waals surface area contributed by atoms with Gasteiger partial charge in [-0.3, -0.25) is 4.99 Å². The van der Waals surface area contributed by atoms with Crippen molar-refractivity contribution in [1.82, 2.24) is 4.90 Å². The molecule has 0 amide bonds. The van der Waals surface area contributed by atoms with Crippen LogP contribution in [0.15, 0.2) is 35.3 Å². The molecule has 0 atom stereocenters. The third kappa shape index (κ3) is 7.02. The maximum atomic E-state index is 5.96. The summed E-state index contributed by atoms with van der Waals surface area (Å²) in [5, 5.41) is 0. The van der Waals surface area contributed by atoms with E-state index in [9.17, 15) is 0 Å². The average molecular weight is 404 g/mol. The Morgan fingerprint density at radius 2 is 1.67 bits per heavy atom. The number of rotatable bonds is 8. The predicted molar refractivity (Wildman–Crippen MR) is 104 cm³/mol. The number of nitrogens with two attached hydrogens (primary N) is 1. The summed E-state index contributed by atoms with van der Waals surface area (Å²) in [5.74, 6) is 0.665. The van der Waals surface area contributed by atoms with Gasteiger partial charge in [0, 0.05) is 38.4 Å². The summed E-state index contributed by atoms with van der Waals surface area (Å²) in [6, 6.07) is 10.5. The molecule has 0 saturated heterocycles. The average Bonchev–Trinajstić information content (AvgIpc) is 2.49. The first-order valence-electron chi connectivity index (χ1n) is 7.57. The topological polar surface area (TPSA) is 44.9 Å². The summed E-state index contributed by atoms with van der Waals surface area (Å²) in [4.78, 5) is 8.90. The molecular weight excluding hydrogens is 375 g/mol. The van der Waals surface area contributed by atoms with E-state index in [0.29, 0.717) is 5.96 Å². The van der Waals surface area contributed by atoms with Crippen molar-refractivity contribution in [1.29, 1.82) is 0 Å². The molecule has 1 aromatic carbocycles. The van der Waals surface area contributed by atoms with E-state index in [1.807, 2.05) is 6.07 Å². The van der Waals surface area contributed by atoms with E-state index in [-0.39, 0.29) is 24.0 Å². The molecule has 0 aromatic heterocycles. The van der Waals surface area contributed by atoms with E-state index in [2.05, 4.69) is 59.8 Å². The highest BCUT2D eigenvalue weighted by atomic mass is 127. The smallest absolute Gasteiger partial charge is 0.191 e. The van der Waals surface area contributed by atoms with Crippen LogP contribution in [0.4, 0.5) is 5.69 Å². The van der Waals surface area contributed by atoms with Crippen LogP contribution in [0.5, 0.6) is 0 Å². The number of hydrogen-bond donors (Lipinski definition) is 1. The van der Waals surface area contributed by atoms with Crippen molar-refractivity contribution in [3.05, 3.63) is 30.3 Å². The molecule has 1 rings (SSSR count). The van der Waals surface area contributed by atoms with Crippen molar-refractivity contribution in [3.63, 3.8) is 0 Å². The number of anilines is 1. The van der Waals surface area contributed by atoms with Crippen molar-refractivity contribution in [3.8, 4) is 0 Å². The third-order valence-corrected chi connectivity index (χ3v) is 3.45. The van der Waals surface area contributed by atoms with E-state index < -0.39 is 0 Å². The monoisotopic (exact) mass is 404 g/mol. The Kier molecular flexibility index (Phi) is 11.1. The van der Waals surface area contributed by atoms with Gasteiger partial charge in [-0.05, 0) is 39.3 Å². The molecule has 5 heteroatoms. The van der Waals surface area contributed by atoms with E-state index in [1.165, 1.54) is 5.69 Å². The maximum Gasteiger partial charge on any atom is 0.191 e. The largest absolute Gasteiger partial charge is 0.372 e. The molecule has 0 spiro atoms. The highest BCUT2D eigenvalue weighted by Crippen LogP contribution is 2.12. The maximum absolute atomic E-state index is 5.96. The fourth-order valence-electron chi connectivity index (χ4n) is 2.21. The van der Waals surface area contributed by atoms with E-state index in [4.69, 9.17) is 5.73 Å². The zero-order valence-corrected chi connectivity index (χ0v) is 15.8. The van der Waals surface area contributed by atoms with Gasteiger partial charge in [-0.15, -0.1) is 24.0 Å². The Morgan fingerprint density at radius 1 is 1.05 bits per heavy atom. The zero-order chi connectivity index (χ0) is 14.8. The van der Waals surface area contributed by atoms with Gasteiger partial charge >= 0.3 is 0 Å². The van der Waals surface area contributed by atoms with Gasteiger partial charge < -0.3 is 15.5 Å². The fourth-order valence-corrected chi connectivity index (χ4v) is 2.21. The molecule has 0 heterocycles. The van der Waals surface area contributed by atoms with Crippen LogP contribution in [0.2, 0.25) is 0 Å². The Balaban J connectivity index is 0.00000400. The van der Waals surface area contributed by atoms with Crippen LogP contribution in [-0.2, 0) is 0 Å². The standard InChI is InChI=1S/C16H28N4.HI/c1-4-19(5-2)16(17)18-13-10-14-20(6-3)15-11-8-7-9-12-15;/h7-9,11-12H,4-6,10,13-14H2,1-3H3,(H2,17,18);1H. The summed E-state index contributed by atoms with van der Waals surface area (Å²) < 4.78 is 0. The van der Waals surface area contributed by atoms with Gasteiger partial charge in [0.05, 0.1) is 0 Å². The summed E-state index contributed by atoms with van der Waals surface area (Å²) in [6.07, 6.45) is 1.02. The predicted octanol–water partition coefficient (Wildman–Crippen LogP) is 3.18. The summed E-state index contributed by atoms with van der Waals surface area (Å²) in [6.45, 7) is 11.0. The minimum atomic E-state index is 0. The lowest BCUT2D eigenvalue weighted by atomic mass is 10.2. The minimum Gasteiger partial charge on any atom is -0.372 e. The number of para-hydroxylation sites is 1. The molecule has 21 heavy (non-hydrogen) atoms. The van der Waals surface area contributed by atoms with Gasteiger partial charge in [0.15, 0.2) is 5.96 Å². The lowest BCUT2D eigenvalue weighted by Crippen LogP contribution is -2.37. The normalized spacial score (nSPS) is 10.9. The summed E-state index contributed by atoms with van der Waals surface area (Å²) >= 11 is 0. The van der Waals surface area contributed by atoms with Gasteiger partial charge in [-0.25, -0.2) is 0 Å². The lowest BCUT2D eigenvalue weighted by molar-refractivity contribution is 0.458. The van der Waals surface area contributed by atoms with Crippen LogP contribution in [0.1, 0.15) is 27.2 Å². The quantitative estimate of drug-likeness (QED) is 0.313. The Bertz CT molecular complexity index is 391. The van der Waals surface area contributed by atoms with Gasteiger partial charge in [0.25, 0.3) is 0 Å². The van der Waals surface area contributed by atoms with Crippen LogP contribution in [0.25, 0.3) is 0 Å². The summed E-state index contributed by atoms with van der Waals surface area (Å²) in [5.41, 5.74) is 7.24. The number of halogens is 1. The number of guanidine groups is 1. The molecule has 1 aromatic rings. The van der Waals surface area contributed by atoms with E-state index in [1.54, 1.807) is 0 Å². The molecular formula is C16H29IN4. The van der Waals surface area contributed by atoms with Gasteiger partial charge in [0.2, 0.25) is 0 Å². The highest BCUT2D eigenvalue weighted by Gasteiger charge is 2.04. The zero-order valence-electron chi connectivity index (χ0n) is 13.5. The molecule has 4 nitrogen and oxygen atoms in total. The molecule has 0 aliphatic rings. The number of aliphatic imine (C=N–C) groups is 1. The molecule has 0 aliphatic carbocycles. The summed E-state index contributed by atoms with van der Waals surface area (Å²) in [7, 11) is 0. The van der Waals surface area contributed by atoms with Crippen LogP contribution >= 0.6 is 24.0 Å². The van der Waals surface area contributed by atoms with Crippen LogP contribution in [0, 0.1) is 0 Å². The van der Waals surface area contributed by atoms with Crippen LogP contribution < -0.4 is 10.6 Å². The second-order valence-corrected chi connectivity index (χ2v) is 4.68. The Labute approximate surface area is 146 Å². The Morgan fingerprint density at radius 3 is 2.19 bits per heavy atom. The van der Waals surface area contributed by atoms with Crippen molar-refractivity contribution in [2.45, 2.75) is 27.2 Å².